The Bertz CT molecular complexity index is 640. The van der Waals surface area contributed by atoms with Gasteiger partial charge in [-0.3, -0.25) is 4.79 Å². The van der Waals surface area contributed by atoms with Crippen LogP contribution in [0.1, 0.15) is 11.1 Å². The van der Waals surface area contributed by atoms with Crippen LogP contribution in [0.25, 0.3) is 0 Å². The van der Waals surface area contributed by atoms with Gasteiger partial charge in [0.05, 0.1) is 18.2 Å². The van der Waals surface area contributed by atoms with Crippen LogP contribution in [0.4, 0.5) is 0 Å². The predicted molar refractivity (Wildman–Crippen MR) is 66.0 cm³/mol. The molecule has 0 saturated carbocycles. The van der Waals surface area contributed by atoms with E-state index in [2.05, 4.69) is 0 Å². The first kappa shape index (κ1) is 11.4. The number of nitriles is 1. The summed E-state index contributed by atoms with van der Waals surface area (Å²) in [7, 11) is 0. The Kier molecular flexibility index (Phi) is 3.27. The highest BCUT2D eigenvalue weighted by Gasteiger charge is 2.03. The summed E-state index contributed by atoms with van der Waals surface area (Å²) in [5.74, 6) is 0. The van der Waals surface area contributed by atoms with Gasteiger partial charge in [0.1, 0.15) is 0 Å². The number of halogens is 1. The van der Waals surface area contributed by atoms with E-state index in [1.165, 1.54) is 6.07 Å². The molecule has 2 aromatic rings. The molecule has 0 radical (unpaired) electrons. The molecular weight excluding hydrogens is 236 g/mol. The van der Waals surface area contributed by atoms with Gasteiger partial charge in [0.2, 0.25) is 0 Å². The Morgan fingerprint density at radius 2 is 2.12 bits per heavy atom. The van der Waals surface area contributed by atoms with Crippen LogP contribution in [-0.4, -0.2) is 4.57 Å². The van der Waals surface area contributed by atoms with Gasteiger partial charge in [0.25, 0.3) is 5.56 Å². The van der Waals surface area contributed by atoms with E-state index in [9.17, 15) is 4.79 Å². The zero-order valence-corrected chi connectivity index (χ0v) is 9.69. The van der Waals surface area contributed by atoms with Gasteiger partial charge >= 0.3 is 0 Å². The van der Waals surface area contributed by atoms with Gasteiger partial charge in [-0.05, 0) is 23.8 Å². The molecule has 0 aliphatic heterocycles. The molecule has 0 unspecified atom stereocenters. The van der Waals surface area contributed by atoms with E-state index < -0.39 is 0 Å². The number of rotatable bonds is 2. The Balaban J connectivity index is 2.35. The maximum absolute atomic E-state index is 11.5. The summed E-state index contributed by atoms with van der Waals surface area (Å²) in [5.41, 5.74) is 1.26. The maximum Gasteiger partial charge on any atom is 0.250 e. The van der Waals surface area contributed by atoms with E-state index in [-0.39, 0.29) is 5.56 Å². The third-order valence-electron chi connectivity index (χ3n) is 2.42. The first-order chi connectivity index (χ1) is 8.20. The van der Waals surface area contributed by atoms with Crippen LogP contribution in [0.2, 0.25) is 5.02 Å². The van der Waals surface area contributed by atoms with Crippen molar-refractivity contribution in [2.24, 2.45) is 0 Å². The highest BCUT2D eigenvalue weighted by Crippen LogP contribution is 2.18. The molecule has 0 fully saturated rings. The second-order valence-electron chi connectivity index (χ2n) is 3.58. The minimum absolute atomic E-state index is 0.0760. The zero-order valence-electron chi connectivity index (χ0n) is 8.93. The summed E-state index contributed by atoms with van der Waals surface area (Å²) >= 11 is 6.04. The molecule has 84 valence electrons. The van der Waals surface area contributed by atoms with Gasteiger partial charge in [-0.15, -0.1) is 0 Å². The molecule has 1 aromatic heterocycles. The topological polar surface area (TPSA) is 45.8 Å². The number of benzene rings is 1. The van der Waals surface area contributed by atoms with E-state index in [0.717, 1.165) is 5.56 Å². The minimum Gasteiger partial charge on any atom is -0.311 e. The van der Waals surface area contributed by atoms with Crippen molar-refractivity contribution in [2.45, 2.75) is 6.54 Å². The summed E-state index contributed by atoms with van der Waals surface area (Å²) in [4.78, 5) is 11.5. The van der Waals surface area contributed by atoms with Crippen LogP contribution in [-0.2, 0) is 6.54 Å². The van der Waals surface area contributed by atoms with E-state index in [1.54, 1.807) is 41.1 Å². The van der Waals surface area contributed by atoms with Gasteiger partial charge < -0.3 is 4.57 Å². The van der Waals surface area contributed by atoms with Gasteiger partial charge in [-0.25, -0.2) is 0 Å². The number of hydrogen-bond donors (Lipinski definition) is 0. The van der Waals surface area contributed by atoms with Crippen molar-refractivity contribution in [3.8, 4) is 6.07 Å². The fraction of sp³-hybridized carbons (Fsp3) is 0.0769. The Labute approximate surface area is 104 Å². The molecule has 0 aliphatic rings. The van der Waals surface area contributed by atoms with Gasteiger partial charge in [0, 0.05) is 17.3 Å². The average Bonchev–Trinajstić information content (AvgIpc) is 2.34. The summed E-state index contributed by atoms with van der Waals surface area (Å²) < 4.78 is 1.56. The van der Waals surface area contributed by atoms with Gasteiger partial charge in [-0.1, -0.05) is 23.7 Å². The largest absolute Gasteiger partial charge is 0.311 e. The van der Waals surface area contributed by atoms with Crippen LogP contribution < -0.4 is 5.56 Å². The van der Waals surface area contributed by atoms with Crippen LogP contribution >= 0.6 is 11.6 Å². The van der Waals surface area contributed by atoms with Crippen LogP contribution in [0.5, 0.6) is 0 Å². The first-order valence-electron chi connectivity index (χ1n) is 5.05. The standard InChI is InChI=1S/C13H9ClN2O/c14-12-7-10(8-15)4-5-11(12)9-16-6-2-1-3-13(16)17/h1-7H,9H2. The second kappa shape index (κ2) is 4.86. The second-order valence-corrected chi connectivity index (χ2v) is 3.99. The number of hydrogen-bond acceptors (Lipinski definition) is 2. The molecule has 1 aromatic carbocycles. The number of nitrogens with zero attached hydrogens (tertiary/aromatic N) is 2. The number of aromatic nitrogens is 1. The lowest BCUT2D eigenvalue weighted by atomic mass is 10.1. The van der Waals surface area contributed by atoms with Crippen molar-refractivity contribution in [1.82, 2.24) is 4.57 Å². The zero-order chi connectivity index (χ0) is 12.3. The monoisotopic (exact) mass is 244 g/mol. The molecule has 17 heavy (non-hydrogen) atoms. The minimum atomic E-state index is -0.0760. The smallest absolute Gasteiger partial charge is 0.250 e. The predicted octanol–water partition coefficient (Wildman–Crippen LogP) is 2.42. The fourth-order valence-electron chi connectivity index (χ4n) is 1.52. The summed E-state index contributed by atoms with van der Waals surface area (Å²) in [5, 5.41) is 9.22. The Morgan fingerprint density at radius 1 is 1.29 bits per heavy atom. The average molecular weight is 245 g/mol. The lowest BCUT2D eigenvalue weighted by Crippen LogP contribution is -2.18. The van der Waals surface area contributed by atoms with E-state index in [4.69, 9.17) is 16.9 Å². The normalized spacial score (nSPS) is 9.88. The van der Waals surface area contributed by atoms with Gasteiger partial charge in [-0.2, -0.15) is 5.26 Å². The highest BCUT2D eigenvalue weighted by atomic mass is 35.5. The summed E-state index contributed by atoms with van der Waals surface area (Å²) in [6, 6.07) is 12.1. The third kappa shape index (κ3) is 2.55. The summed E-state index contributed by atoms with van der Waals surface area (Å²) in [6.45, 7) is 0.407. The molecule has 0 spiro atoms. The van der Waals surface area contributed by atoms with Crippen molar-refractivity contribution in [1.29, 1.82) is 5.26 Å². The van der Waals surface area contributed by atoms with E-state index in [1.807, 2.05) is 6.07 Å². The van der Waals surface area contributed by atoms with Crippen LogP contribution in [0, 0.1) is 11.3 Å². The molecule has 0 N–H and O–H groups in total. The van der Waals surface area contributed by atoms with Crippen molar-refractivity contribution in [3.63, 3.8) is 0 Å². The van der Waals surface area contributed by atoms with Crippen molar-refractivity contribution < 1.29 is 0 Å². The molecule has 0 bridgehead atoms. The molecule has 0 amide bonds. The van der Waals surface area contributed by atoms with E-state index >= 15 is 0 Å². The molecular formula is C13H9ClN2O. The lowest BCUT2D eigenvalue weighted by molar-refractivity contribution is 0.759. The molecule has 0 saturated heterocycles. The van der Waals surface area contributed by atoms with Crippen LogP contribution in [0.15, 0.2) is 47.4 Å². The fourth-order valence-corrected chi connectivity index (χ4v) is 1.76. The lowest BCUT2D eigenvalue weighted by Gasteiger charge is -2.07. The molecule has 2 rings (SSSR count). The Morgan fingerprint density at radius 3 is 2.76 bits per heavy atom. The quantitative estimate of drug-likeness (QED) is 0.815. The SMILES string of the molecule is N#Cc1ccc(Cn2ccccc2=O)c(Cl)c1. The summed E-state index contributed by atoms with van der Waals surface area (Å²) in [6.07, 6.45) is 1.71. The first-order valence-corrected chi connectivity index (χ1v) is 5.42. The Hall–Kier alpha value is -2.05. The third-order valence-corrected chi connectivity index (χ3v) is 2.77. The highest BCUT2D eigenvalue weighted by molar-refractivity contribution is 6.31. The van der Waals surface area contributed by atoms with Crippen molar-refractivity contribution in [3.05, 3.63) is 69.1 Å². The molecule has 0 atom stereocenters. The van der Waals surface area contributed by atoms with Gasteiger partial charge in [0.15, 0.2) is 0 Å². The van der Waals surface area contributed by atoms with Crippen LogP contribution in [0.3, 0.4) is 0 Å². The molecule has 0 aliphatic carbocycles. The van der Waals surface area contributed by atoms with Crippen molar-refractivity contribution >= 4 is 11.6 Å². The molecule has 4 heteroatoms. The molecule has 1 heterocycles. The van der Waals surface area contributed by atoms with Crippen molar-refractivity contribution in [2.75, 3.05) is 0 Å². The maximum atomic E-state index is 11.5. The number of pyridine rings is 1. The molecule has 3 nitrogen and oxygen atoms in total. The van der Waals surface area contributed by atoms with E-state index in [0.29, 0.717) is 17.1 Å².